The number of hydrogen-bond donors (Lipinski definition) is 1. The number of thiazole rings is 1. The van der Waals surface area contributed by atoms with Crippen LogP contribution in [0.4, 0.5) is 0 Å². The van der Waals surface area contributed by atoms with Gasteiger partial charge in [-0.25, -0.2) is 4.98 Å². The highest BCUT2D eigenvalue weighted by atomic mass is 32.1. The molecule has 0 radical (unpaired) electrons. The Morgan fingerprint density at radius 2 is 1.82 bits per heavy atom. The molecule has 1 atom stereocenters. The fourth-order valence-corrected chi connectivity index (χ4v) is 5.19. The van der Waals surface area contributed by atoms with Gasteiger partial charge in [0.25, 0.3) is 5.91 Å². The van der Waals surface area contributed by atoms with Gasteiger partial charge in [-0.2, -0.15) is 0 Å². The van der Waals surface area contributed by atoms with E-state index in [1.807, 2.05) is 37.3 Å². The third-order valence-electron chi connectivity index (χ3n) is 5.76. The molecule has 4 rings (SSSR count). The van der Waals surface area contributed by atoms with Crippen molar-refractivity contribution in [1.29, 1.82) is 0 Å². The van der Waals surface area contributed by atoms with Crippen LogP contribution in [0.25, 0.3) is 10.6 Å². The van der Waals surface area contributed by atoms with E-state index in [0.29, 0.717) is 45.6 Å². The number of aryl methyl sites for hydroxylation is 1. The van der Waals surface area contributed by atoms with Gasteiger partial charge < -0.3 is 19.5 Å². The maximum atomic E-state index is 13.8. The molecule has 0 spiro atoms. The van der Waals surface area contributed by atoms with Crippen molar-refractivity contribution in [2.75, 3.05) is 20.8 Å². The molecule has 0 aliphatic carbocycles. The zero-order valence-corrected chi connectivity index (χ0v) is 20.3. The maximum Gasteiger partial charge on any atom is 0.290 e. The van der Waals surface area contributed by atoms with E-state index in [0.717, 1.165) is 5.56 Å². The molecule has 7 nitrogen and oxygen atoms in total. The van der Waals surface area contributed by atoms with E-state index < -0.39 is 23.5 Å². The minimum atomic E-state index is -0.749. The van der Waals surface area contributed by atoms with E-state index in [9.17, 15) is 14.7 Å². The van der Waals surface area contributed by atoms with Crippen LogP contribution in [0.1, 0.15) is 40.3 Å². The van der Waals surface area contributed by atoms with Crippen molar-refractivity contribution in [3.8, 4) is 22.1 Å². The number of rotatable bonds is 8. The van der Waals surface area contributed by atoms with Crippen LogP contribution in [0.3, 0.4) is 0 Å². The van der Waals surface area contributed by atoms with Crippen molar-refractivity contribution in [3.05, 3.63) is 76.0 Å². The van der Waals surface area contributed by atoms with E-state index in [4.69, 9.17) is 9.47 Å². The Hall–Kier alpha value is -3.65. The average Bonchev–Trinajstić information content (AvgIpc) is 3.37. The van der Waals surface area contributed by atoms with Gasteiger partial charge in [0.05, 0.1) is 36.4 Å². The lowest BCUT2D eigenvalue weighted by atomic mass is 9.94. The summed E-state index contributed by atoms with van der Waals surface area (Å²) in [5, 5.41) is 11.6. The van der Waals surface area contributed by atoms with Crippen molar-refractivity contribution in [2.24, 2.45) is 0 Å². The minimum absolute atomic E-state index is 0.0528. The first kappa shape index (κ1) is 23.5. The average molecular weight is 479 g/mol. The summed E-state index contributed by atoms with van der Waals surface area (Å²) in [4.78, 5) is 33.3. The van der Waals surface area contributed by atoms with Crippen LogP contribution in [0, 0.1) is 6.92 Å². The second-order valence-electron chi connectivity index (χ2n) is 7.91. The van der Waals surface area contributed by atoms with Gasteiger partial charge in [0.1, 0.15) is 5.01 Å². The van der Waals surface area contributed by atoms with Gasteiger partial charge in [0, 0.05) is 12.1 Å². The molecule has 0 saturated carbocycles. The fourth-order valence-electron chi connectivity index (χ4n) is 4.16. The normalized spacial score (nSPS) is 15.7. The summed E-state index contributed by atoms with van der Waals surface area (Å²) < 4.78 is 10.8. The highest BCUT2D eigenvalue weighted by molar-refractivity contribution is 7.17. The van der Waals surface area contributed by atoms with Crippen LogP contribution in [0.15, 0.2) is 59.9 Å². The van der Waals surface area contributed by atoms with Crippen LogP contribution in [-0.4, -0.2) is 47.4 Å². The predicted molar refractivity (Wildman–Crippen MR) is 131 cm³/mol. The molecule has 8 heteroatoms. The Bertz CT molecular complexity index is 1270. The van der Waals surface area contributed by atoms with Crippen LogP contribution in [0.2, 0.25) is 0 Å². The lowest BCUT2D eigenvalue weighted by Gasteiger charge is -2.27. The summed E-state index contributed by atoms with van der Waals surface area (Å²) in [6.07, 6.45) is 0.669. The van der Waals surface area contributed by atoms with Gasteiger partial charge in [0.15, 0.2) is 17.3 Å². The molecule has 2 aromatic carbocycles. The van der Waals surface area contributed by atoms with Crippen LogP contribution in [-0.2, 0) is 4.79 Å². The molecule has 34 heavy (non-hydrogen) atoms. The highest BCUT2D eigenvalue weighted by Crippen LogP contribution is 2.43. The van der Waals surface area contributed by atoms with Gasteiger partial charge in [-0.3, -0.25) is 9.59 Å². The largest absolute Gasteiger partial charge is 0.503 e. The Morgan fingerprint density at radius 3 is 2.47 bits per heavy atom. The molecule has 1 unspecified atom stereocenters. The molecule has 0 fully saturated rings. The number of carbonyl (C=O) groups excluding carboxylic acids is 2. The zero-order valence-electron chi connectivity index (χ0n) is 19.5. The van der Waals surface area contributed by atoms with Crippen molar-refractivity contribution in [1.82, 2.24) is 9.88 Å². The number of nitrogens with zero attached hydrogens (tertiary/aromatic N) is 2. The number of ether oxygens (including phenoxy) is 2. The molecule has 0 saturated heterocycles. The summed E-state index contributed by atoms with van der Waals surface area (Å²) in [6.45, 7) is 4.09. The quantitative estimate of drug-likeness (QED) is 0.452. The fraction of sp³-hybridized carbons (Fsp3) is 0.269. The first-order valence-corrected chi connectivity index (χ1v) is 11.8. The second kappa shape index (κ2) is 9.69. The Balaban J connectivity index is 1.81. The van der Waals surface area contributed by atoms with Crippen LogP contribution >= 0.6 is 11.3 Å². The zero-order chi connectivity index (χ0) is 24.4. The van der Waals surface area contributed by atoms with Gasteiger partial charge in [0.2, 0.25) is 5.78 Å². The summed E-state index contributed by atoms with van der Waals surface area (Å²) in [5.41, 5.74) is 2.16. The third-order valence-corrected chi connectivity index (χ3v) is 6.96. The SMILES string of the molecule is CCCN1C(=O)C(O)=C(C(=O)c2sc(-c3ccccc3)nc2C)C1c1ccc(OC)c(OC)c1. The predicted octanol–water partition coefficient (Wildman–Crippen LogP) is 5.12. The topological polar surface area (TPSA) is 89.0 Å². The summed E-state index contributed by atoms with van der Waals surface area (Å²) in [5.74, 6) is -0.476. The minimum Gasteiger partial charge on any atom is -0.503 e. The number of ketones is 1. The number of benzene rings is 2. The van der Waals surface area contributed by atoms with Crippen molar-refractivity contribution < 1.29 is 24.2 Å². The number of Topliss-reactive ketones (excluding diaryl/α,β-unsaturated/α-hetero) is 1. The highest BCUT2D eigenvalue weighted by Gasteiger charge is 2.44. The number of amides is 1. The van der Waals surface area contributed by atoms with Crippen molar-refractivity contribution in [2.45, 2.75) is 26.3 Å². The molecular formula is C26H26N2O5S. The van der Waals surface area contributed by atoms with Gasteiger partial charge >= 0.3 is 0 Å². The van der Waals surface area contributed by atoms with Gasteiger partial charge in [-0.05, 0) is 31.0 Å². The molecule has 1 amide bonds. The molecule has 0 bridgehead atoms. The molecular weight excluding hydrogens is 452 g/mol. The van der Waals surface area contributed by atoms with Gasteiger partial charge in [-0.1, -0.05) is 43.3 Å². The first-order valence-electron chi connectivity index (χ1n) is 10.9. The number of aliphatic hydroxyl groups excluding tert-OH is 1. The molecule has 176 valence electrons. The maximum absolute atomic E-state index is 13.8. The standard InChI is InChI=1S/C26H26N2O5S/c1-5-13-28-21(17-11-12-18(32-3)19(14-17)33-4)20(23(30)26(28)31)22(29)24-15(2)27-25(34-24)16-9-7-6-8-10-16/h6-12,14,21,30H,5,13H2,1-4H3. The number of methoxy groups -OCH3 is 2. The van der Waals surface area contributed by atoms with Crippen molar-refractivity contribution >= 4 is 23.0 Å². The summed E-state index contributed by atoms with van der Waals surface area (Å²) in [6, 6.07) is 14.1. The Kier molecular flexibility index (Phi) is 6.70. The smallest absolute Gasteiger partial charge is 0.290 e. The van der Waals surface area contributed by atoms with E-state index in [2.05, 4.69) is 4.98 Å². The Morgan fingerprint density at radius 1 is 1.12 bits per heavy atom. The third kappa shape index (κ3) is 4.05. The molecule has 1 N–H and O–H groups in total. The van der Waals surface area contributed by atoms with Crippen LogP contribution in [0.5, 0.6) is 11.5 Å². The second-order valence-corrected chi connectivity index (χ2v) is 8.91. The Labute approximate surface area is 202 Å². The lowest BCUT2D eigenvalue weighted by molar-refractivity contribution is -0.129. The number of carbonyl (C=O) groups is 2. The van der Waals surface area contributed by atoms with Gasteiger partial charge in [-0.15, -0.1) is 11.3 Å². The van der Waals surface area contributed by atoms with E-state index in [1.165, 1.54) is 30.5 Å². The molecule has 1 aliphatic rings. The van der Waals surface area contributed by atoms with Crippen molar-refractivity contribution in [3.63, 3.8) is 0 Å². The van der Waals surface area contributed by atoms with E-state index >= 15 is 0 Å². The first-order chi connectivity index (χ1) is 16.4. The summed E-state index contributed by atoms with van der Waals surface area (Å²) >= 11 is 1.26. The molecule has 2 heterocycles. The molecule has 1 aromatic heterocycles. The molecule has 1 aliphatic heterocycles. The number of aliphatic hydroxyl groups is 1. The number of hydrogen-bond acceptors (Lipinski definition) is 7. The summed E-state index contributed by atoms with van der Waals surface area (Å²) in [7, 11) is 3.06. The van der Waals surface area contributed by atoms with E-state index in [1.54, 1.807) is 25.1 Å². The molecule has 3 aromatic rings. The van der Waals surface area contributed by atoms with E-state index in [-0.39, 0.29) is 5.57 Å². The lowest BCUT2D eigenvalue weighted by Crippen LogP contribution is -2.31. The number of aromatic nitrogens is 1. The van der Waals surface area contributed by atoms with Crippen LogP contribution < -0.4 is 9.47 Å². The monoisotopic (exact) mass is 478 g/mol.